The SMILES string of the molecule is CC[C@@H](N)c1c(Cl)cc(Cl)c(Cl)c1Cl. The van der Waals surface area contributed by atoms with Gasteiger partial charge in [-0.05, 0) is 12.5 Å². The van der Waals surface area contributed by atoms with Gasteiger partial charge < -0.3 is 5.73 Å². The van der Waals surface area contributed by atoms with E-state index in [1.165, 1.54) is 0 Å². The molecule has 0 fully saturated rings. The Morgan fingerprint density at radius 1 is 1.14 bits per heavy atom. The van der Waals surface area contributed by atoms with Gasteiger partial charge >= 0.3 is 0 Å². The number of benzene rings is 1. The van der Waals surface area contributed by atoms with E-state index in [2.05, 4.69) is 0 Å². The average molecular weight is 273 g/mol. The highest BCUT2D eigenvalue weighted by Gasteiger charge is 2.17. The van der Waals surface area contributed by atoms with E-state index >= 15 is 0 Å². The molecule has 1 aromatic carbocycles. The maximum atomic E-state index is 6.00. The van der Waals surface area contributed by atoms with Gasteiger partial charge in [0.2, 0.25) is 0 Å². The topological polar surface area (TPSA) is 26.0 Å². The quantitative estimate of drug-likeness (QED) is 0.612. The van der Waals surface area contributed by atoms with Gasteiger partial charge in [-0.2, -0.15) is 0 Å². The van der Waals surface area contributed by atoms with Gasteiger partial charge in [-0.3, -0.25) is 0 Å². The van der Waals surface area contributed by atoms with Gasteiger partial charge in [-0.15, -0.1) is 0 Å². The van der Waals surface area contributed by atoms with Crippen LogP contribution in [0.25, 0.3) is 0 Å². The van der Waals surface area contributed by atoms with E-state index in [1.807, 2.05) is 6.92 Å². The molecule has 1 nitrogen and oxygen atoms in total. The van der Waals surface area contributed by atoms with Crippen molar-refractivity contribution in [1.82, 2.24) is 0 Å². The van der Waals surface area contributed by atoms with E-state index in [4.69, 9.17) is 52.1 Å². The number of hydrogen-bond acceptors (Lipinski definition) is 1. The summed E-state index contributed by atoms with van der Waals surface area (Å²) in [5.41, 5.74) is 6.50. The third-order valence-electron chi connectivity index (χ3n) is 1.96. The zero-order chi connectivity index (χ0) is 10.9. The fraction of sp³-hybridized carbons (Fsp3) is 0.333. The Morgan fingerprint density at radius 3 is 2.21 bits per heavy atom. The van der Waals surface area contributed by atoms with Crippen LogP contribution in [-0.4, -0.2) is 0 Å². The first-order chi connectivity index (χ1) is 6.49. The lowest BCUT2D eigenvalue weighted by Crippen LogP contribution is -2.10. The largest absolute Gasteiger partial charge is 0.324 e. The lowest BCUT2D eigenvalue weighted by atomic mass is 10.1. The first kappa shape index (κ1) is 12.4. The Bertz CT molecular complexity index is 351. The van der Waals surface area contributed by atoms with Gasteiger partial charge in [0, 0.05) is 16.6 Å². The molecule has 0 saturated carbocycles. The van der Waals surface area contributed by atoms with E-state index in [0.29, 0.717) is 25.7 Å². The monoisotopic (exact) mass is 271 g/mol. The van der Waals surface area contributed by atoms with Crippen LogP contribution >= 0.6 is 46.4 Å². The summed E-state index contributed by atoms with van der Waals surface area (Å²) in [5.74, 6) is 0. The van der Waals surface area contributed by atoms with Crippen LogP contribution in [0.5, 0.6) is 0 Å². The van der Waals surface area contributed by atoms with Crippen LogP contribution in [0.3, 0.4) is 0 Å². The summed E-state index contributed by atoms with van der Waals surface area (Å²) in [6.07, 6.45) is 0.734. The summed E-state index contributed by atoms with van der Waals surface area (Å²) in [6.45, 7) is 1.94. The van der Waals surface area contributed by atoms with Crippen molar-refractivity contribution in [2.24, 2.45) is 5.73 Å². The maximum absolute atomic E-state index is 6.00. The Morgan fingerprint density at radius 2 is 1.71 bits per heavy atom. The second-order valence-electron chi connectivity index (χ2n) is 2.90. The summed E-state index contributed by atoms with van der Waals surface area (Å²) in [6, 6.07) is 1.34. The van der Waals surface area contributed by atoms with E-state index in [-0.39, 0.29) is 6.04 Å². The summed E-state index contributed by atoms with van der Waals surface area (Å²) < 4.78 is 0. The van der Waals surface area contributed by atoms with Crippen LogP contribution in [0, 0.1) is 0 Å². The van der Waals surface area contributed by atoms with Crippen molar-refractivity contribution in [1.29, 1.82) is 0 Å². The molecule has 78 valence electrons. The van der Waals surface area contributed by atoms with Crippen molar-refractivity contribution in [3.05, 3.63) is 31.7 Å². The Balaban J connectivity index is 3.36. The van der Waals surface area contributed by atoms with Crippen LogP contribution < -0.4 is 5.73 Å². The van der Waals surface area contributed by atoms with Gasteiger partial charge in [0.1, 0.15) is 0 Å². The van der Waals surface area contributed by atoms with Crippen molar-refractivity contribution in [2.75, 3.05) is 0 Å². The summed E-state index contributed by atoms with van der Waals surface area (Å²) >= 11 is 23.6. The lowest BCUT2D eigenvalue weighted by molar-refractivity contribution is 0.699. The standard InChI is InChI=1S/C9H9Cl4N/c1-2-6(14)7-4(10)3-5(11)8(12)9(7)13/h3,6H,2,14H2,1H3/t6-/m1/s1. The van der Waals surface area contributed by atoms with Gasteiger partial charge in [0.15, 0.2) is 0 Å². The van der Waals surface area contributed by atoms with Gasteiger partial charge in [-0.25, -0.2) is 0 Å². The number of nitrogens with two attached hydrogens (primary N) is 1. The fourth-order valence-corrected chi connectivity index (χ4v) is 2.32. The molecule has 0 spiro atoms. The van der Waals surface area contributed by atoms with Crippen LogP contribution in [-0.2, 0) is 0 Å². The van der Waals surface area contributed by atoms with Gasteiger partial charge in [-0.1, -0.05) is 53.3 Å². The summed E-state index contributed by atoms with van der Waals surface area (Å²) in [4.78, 5) is 0. The zero-order valence-corrected chi connectivity index (χ0v) is 10.5. The molecule has 14 heavy (non-hydrogen) atoms. The molecule has 0 unspecified atom stereocenters. The zero-order valence-electron chi connectivity index (χ0n) is 7.45. The molecular formula is C9H9Cl4N. The number of rotatable bonds is 2. The molecule has 1 rings (SSSR count). The lowest BCUT2D eigenvalue weighted by Gasteiger charge is -2.15. The van der Waals surface area contributed by atoms with Crippen LogP contribution in [0.1, 0.15) is 24.9 Å². The first-order valence-electron chi connectivity index (χ1n) is 4.07. The van der Waals surface area contributed by atoms with E-state index < -0.39 is 0 Å². The molecule has 0 aliphatic rings. The minimum absolute atomic E-state index is 0.218. The Hall–Kier alpha value is 0.340. The summed E-state index contributed by atoms with van der Waals surface area (Å²) in [5, 5.41) is 1.45. The number of hydrogen-bond donors (Lipinski definition) is 1. The Kier molecular flexibility index (Phi) is 4.35. The highest BCUT2D eigenvalue weighted by atomic mass is 35.5. The van der Waals surface area contributed by atoms with Crippen LogP contribution in [0.2, 0.25) is 20.1 Å². The minimum atomic E-state index is -0.218. The second-order valence-corrected chi connectivity index (χ2v) is 4.47. The molecule has 2 N–H and O–H groups in total. The smallest absolute Gasteiger partial charge is 0.0782 e. The normalized spacial score (nSPS) is 13.0. The molecule has 5 heteroatoms. The van der Waals surface area contributed by atoms with Gasteiger partial charge in [0.05, 0.1) is 15.1 Å². The predicted molar refractivity (Wildman–Crippen MR) is 63.7 cm³/mol. The predicted octanol–water partition coefficient (Wildman–Crippen LogP) is 4.71. The highest BCUT2D eigenvalue weighted by molar-refractivity contribution is 6.49. The molecule has 0 saturated heterocycles. The molecule has 0 aromatic heterocycles. The van der Waals surface area contributed by atoms with E-state index in [1.54, 1.807) is 6.07 Å². The minimum Gasteiger partial charge on any atom is -0.324 e. The molecule has 0 heterocycles. The second kappa shape index (κ2) is 4.91. The molecule has 0 radical (unpaired) electrons. The highest BCUT2D eigenvalue weighted by Crippen LogP contribution is 2.40. The Labute approximate surface area is 103 Å². The van der Waals surface area contributed by atoms with Crippen molar-refractivity contribution < 1.29 is 0 Å². The molecule has 1 atom stereocenters. The van der Waals surface area contributed by atoms with Gasteiger partial charge in [0.25, 0.3) is 0 Å². The first-order valence-corrected chi connectivity index (χ1v) is 5.58. The molecule has 0 aliphatic heterocycles. The molecule has 0 amide bonds. The van der Waals surface area contributed by atoms with Crippen LogP contribution in [0.15, 0.2) is 6.07 Å². The molecule has 0 aliphatic carbocycles. The van der Waals surface area contributed by atoms with Crippen LogP contribution in [0.4, 0.5) is 0 Å². The summed E-state index contributed by atoms with van der Waals surface area (Å²) in [7, 11) is 0. The van der Waals surface area contributed by atoms with E-state index in [0.717, 1.165) is 6.42 Å². The third kappa shape index (κ3) is 2.29. The van der Waals surface area contributed by atoms with Crippen molar-refractivity contribution in [3.63, 3.8) is 0 Å². The van der Waals surface area contributed by atoms with Crippen molar-refractivity contribution in [3.8, 4) is 0 Å². The maximum Gasteiger partial charge on any atom is 0.0782 e. The third-order valence-corrected chi connectivity index (χ3v) is 3.55. The molecule has 0 bridgehead atoms. The fourth-order valence-electron chi connectivity index (χ4n) is 1.12. The average Bonchev–Trinajstić information content (AvgIpc) is 2.14. The molecule has 1 aromatic rings. The van der Waals surface area contributed by atoms with Crippen molar-refractivity contribution >= 4 is 46.4 Å². The van der Waals surface area contributed by atoms with Crippen molar-refractivity contribution in [2.45, 2.75) is 19.4 Å². The molecular weight excluding hydrogens is 264 g/mol. The number of halogens is 4. The van der Waals surface area contributed by atoms with E-state index in [9.17, 15) is 0 Å².